The molecule has 188 valence electrons. The van der Waals surface area contributed by atoms with Gasteiger partial charge in [-0.05, 0) is 34.5 Å². The summed E-state index contributed by atoms with van der Waals surface area (Å²) >= 11 is 0. The Labute approximate surface area is 230 Å². The van der Waals surface area contributed by atoms with Gasteiger partial charge >= 0.3 is 0 Å². The van der Waals surface area contributed by atoms with Crippen LogP contribution in [0, 0.1) is 0 Å². The third kappa shape index (κ3) is 3.62. The van der Waals surface area contributed by atoms with Gasteiger partial charge in [0.2, 0.25) is 0 Å². The van der Waals surface area contributed by atoms with Crippen molar-refractivity contribution in [3.8, 4) is 39.6 Å². The predicted octanol–water partition coefficient (Wildman–Crippen LogP) is 9.32. The first-order chi connectivity index (χ1) is 19.8. The molecule has 2 heterocycles. The summed E-state index contributed by atoms with van der Waals surface area (Å²) in [5.74, 6) is 1.60. The molecule has 0 saturated heterocycles. The van der Waals surface area contributed by atoms with Crippen LogP contribution in [0.4, 0.5) is 0 Å². The molecule has 0 atom stereocenters. The lowest BCUT2D eigenvalue weighted by molar-refractivity contribution is 0.670. The number of aromatic nitrogens is 3. The molecule has 4 nitrogen and oxygen atoms in total. The van der Waals surface area contributed by atoms with Crippen LogP contribution < -0.4 is 0 Å². The normalized spacial score (nSPS) is 11.5. The lowest BCUT2D eigenvalue weighted by Crippen LogP contribution is -2.00. The minimum atomic E-state index is 0.794. The summed E-state index contributed by atoms with van der Waals surface area (Å²) in [5, 5.41) is 14.0. The molecule has 6 aromatic carbocycles. The first kappa shape index (κ1) is 22.5. The fourth-order valence-electron chi connectivity index (χ4n) is 5.58. The highest BCUT2D eigenvalue weighted by Crippen LogP contribution is 2.37. The highest BCUT2D eigenvalue weighted by molar-refractivity contribution is 6.09. The SMILES string of the molecule is c1ccc(-c2nnc(-c3ccc(-c4cccc5c4oc4ccccc45)cc3)n2-c2ccc3ccccc3c2)cc1. The Morgan fingerprint density at radius 2 is 1.12 bits per heavy atom. The molecule has 0 radical (unpaired) electrons. The van der Waals surface area contributed by atoms with Crippen LogP contribution in [0.3, 0.4) is 0 Å². The minimum absolute atomic E-state index is 0.794. The van der Waals surface area contributed by atoms with E-state index in [1.54, 1.807) is 0 Å². The van der Waals surface area contributed by atoms with Crippen molar-refractivity contribution in [3.05, 3.63) is 140 Å². The molecule has 4 heteroatoms. The number of hydrogen-bond acceptors (Lipinski definition) is 3. The van der Waals surface area contributed by atoms with Gasteiger partial charge in [0.15, 0.2) is 11.6 Å². The average molecular weight is 514 g/mol. The van der Waals surface area contributed by atoms with Gasteiger partial charge in [0.1, 0.15) is 11.2 Å². The smallest absolute Gasteiger partial charge is 0.168 e. The molecule has 2 aromatic heterocycles. The molecule has 0 amide bonds. The molecule has 0 aliphatic carbocycles. The lowest BCUT2D eigenvalue weighted by atomic mass is 10.0. The van der Waals surface area contributed by atoms with Crippen molar-refractivity contribution >= 4 is 32.7 Å². The number of rotatable bonds is 4. The fourth-order valence-corrected chi connectivity index (χ4v) is 5.58. The Balaban J connectivity index is 1.27. The summed E-state index contributed by atoms with van der Waals surface area (Å²) < 4.78 is 8.44. The number of benzene rings is 6. The summed E-state index contributed by atoms with van der Waals surface area (Å²) in [6.07, 6.45) is 0. The second kappa shape index (κ2) is 9.07. The third-order valence-corrected chi connectivity index (χ3v) is 7.54. The van der Waals surface area contributed by atoms with Crippen molar-refractivity contribution in [2.24, 2.45) is 0 Å². The number of para-hydroxylation sites is 2. The fraction of sp³-hybridized carbons (Fsp3) is 0. The van der Waals surface area contributed by atoms with Crippen molar-refractivity contribution in [1.29, 1.82) is 0 Å². The van der Waals surface area contributed by atoms with Gasteiger partial charge in [0.05, 0.1) is 0 Å². The van der Waals surface area contributed by atoms with Crippen LogP contribution in [-0.4, -0.2) is 14.8 Å². The van der Waals surface area contributed by atoms with E-state index in [1.165, 1.54) is 10.8 Å². The Kier molecular flexibility index (Phi) is 5.10. The highest BCUT2D eigenvalue weighted by atomic mass is 16.3. The van der Waals surface area contributed by atoms with E-state index in [2.05, 4.69) is 113 Å². The van der Waals surface area contributed by atoms with Crippen LogP contribution in [-0.2, 0) is 0 Å². The molecule has 0 fully saturated rings. The van der Waals surface area contributed by atoms with Crippen molar-refractivity contribution in [1.82, 2.24) is 14.8 Å². The number of furan rings is 1. The van der Waals surface area contributed by atoms with Gasteiger partial charge in [0.25, 0.3) is 0 Å². The van der Waals surface area contributed by atoms with Gasteiger partial charge in [-0.3, -0.25) is 4.57 Å². The van der Waals surface area contributed by atoms with Crippen molar-refractivity contribution < 1.29 is 4.42 Å². The summed E-state index contributed by atoms with van der Waals surface area (Å²) in [5.41, 5.74) is 7.00. The van der Waals surface area contributed by atoms with E-state index in [4.69, 9.17) is 9.52 Å². The molecular formula is C36H23N3O. The predicted molar refractivity (Wildman–Crippen MR) is 162 cm³/mol. The van der Waals surface area contributed by atoms with E-state index in [9.17, 15) is 0 Å². The van der Waals surface area contributed by atoms with E-state index in [-0.39, 0.29) is 0 Å². The summed E-state index contributed by atoms with van der Waals surface area (Å²) in [7, 11) is 0. The van der Waals surface area contributed by atoms with Crippen LogP contribution in [0.1, 0.15) is 0 Å². The highest BCUT2D eigenvalue weighted by Gasteiger charge is 2.18. The van der Waals surface area contributed by atoms with Crippen LogP contribution in [0.2, 0.25) is 0 Å². The largest absolute Gasteiger partial charge is 0.455 e. The molecule has 0 N–H and O–H groups in total. The summed E-state index contributed by atoms with van der Waals surface area (Å²) in [4.78, 5) is 0. The van der Waals surface area contributed by atoms with E-state index in [0.717, 1.165) is 61.5 Å². The van der Waals surface area contributed by atoms with Gasteiger partial charge in [-0.15, -0.1) is 10.2 Å². The summed E-state index contributed by atoms with van der Waals surface area (Å²) in [6, 6.07) is 48.1. The van der Waals surface area contributed by atoms with E-state index >= 15 is 0 Å². The van der Waals surface area contributed by atoms with Crippen molar-refractivity contribution in [2.45, 2.75) is 0 Å². The zero-order valence-electron chi connectivity index (χ0n) is 21.5. The molecular weight excluding hydrogens is 490 g/mol. The molecule has 40 heavy (non-hydrogen) atoms. The molecule has 0 aliphatic rings. The maximum atomic E-state index is 6.29. The van der Waals surface area contributed by atoms with Crippen molar-refractivity contribution in [3.63, 3.8) is 0 Å². The first-order valence-corrected chi connectivity index (χ1v) is 13.3. The van der Waals surface area contributed by atoms with Crippen LogP contribution in [0.5, 0.6) is 0 Å². The Hall–Kier alpha value is -5.48. The Bertz CT molecular complexity index is 2160. The van der Waals surface area contributed by atoms with Gasteiger partial charge in [-0.1, -0.05) is 121 Å². The standard InChI is InChI=1S/C36H23N3O/c1-2-10-26(11-3-1)35-37-38-36(39(35)29-22-21-24-9-4-5-12-28(24)23-29)27-19-17-25(18-20-27)30-14-8-15-32-31-13-6-7-16-33(31)40-34(30)32/h1-23H. The summed E-state index contributed by atoms with van der Waals surface area (Å²) in [6.45, 7) is 0. The monoisotopic (exact) mass is 513 g/mol. The molecule has 0 spiro atoms. The van der Waals surface area contributed by atoms with Crippen LogP contribution >= 0.6 is 0 Å². The maximum Gasteiger partial charge on any atom is 0.168 e. The van der Waals surface area contributed by atoms with Gasteiger partial charge in [-0.2, -0.15) is 0 Å². The van der Waals surface area contributed by atoms with Gasteiger partial charge in [0, 0.05) is 33.2 Å². The Morgan fingerprint density at radius 1 is 0.475 bits per heavy atom. The zero-order chi connectivity index (χ0) is 26.5. The Morgan fingerprint density at radius 3 is 1.95 bits per heavy atom. The third-order valence-electron chi connectivity index (χ3n) is 7.54. The quantitative estimate of drug-likeness (QED) is 0.235. The number of hydrogen-bond donors (Lipinski definition) is 0. The van der Waals surface area contributed by atoms with E-state index in [1.807, 2.05) is 36.4 Å². The molecule has 8 aromatic rings. The molecule has 0 saturated carbocycles. The minimum Gasteiger partial charge on any atom is -0.455 e. The van der Waals surface area contributed by atoms with E-state index in [0.29, 0.717) is 0 Å². The second-order valence-electron chi connectivity index (χ2n) is 9.94. The average Bonchev–Trinajstić information content (AvgIpc) is 3.64. The van der Waals surface area contributed by atoms with E-state index < -0.39 is 0 Å². The topological polar surface area (TPSA) is 43.9 Å². The molecule has 0 unspecified atom stereocenters. The molecule has 8 rings (SSSR count). The second-order valence-corrected chi connectivity index (χ2v) is 9.94. The van der Waals surface area contributed by atoms with Gasteiger partial charge < -0.3 is 4.42 Å². The zero-order valence-corrected chi connectivity index (χ0v) is 21.5. The molecule has 0 bridgehead atoms. The lowest BCUT2D eigenvalue weighted by Gasteiger charge is -2.12. The van der Waals surface area contributed by atoms with Crippen molar-refractivity contribution in [2.75, 3.05) is 0 Å². The van der Waals surface area contributed by atoms with Gasteiger partial charge in [-0.25, -0.2) is 0 Å². The maximum absolute atomic E-state index is 6.29. The van der Waals surface area contributed by atoms with Crippen LogP contribution in [0.15, 0.2) is 144 Å². The molecule has 0 aliphatic heterocycles. The number of fused-ring (bicyclic) bond motifs is 4. The first-order valence-electron chi connectivity index (χ1n) is 13.3. The number of nitrogens with zero attached hydrogens (tertiary/aromatic N) is 3. The van der Waals surface area contributed by atoms with Crippen LogP contribution in [0.25, 0.3) is 72.3 Å².